The van der Waals surface area contributed by atoms with Crippen LogP contribution in [0.1, 0.15) is 97.3 Å². The summed E-state index contributed by atoms with van der Waals surface area (Å²) in [5.41, 5.74) is 0. The normalized spacial score (nSPS) is 18.1. The van der Waals surface area contributed by atoms with E-state index in [2.05, 4.69) is 13.8 Å². The van der Waals surface area contributed by atoms with Gasteiger partial charge in [-0.2, -0.15) is 0 Å². The molecule has 0 N–H and O–H groups in total. The highest BCUT2D eigenvalue weighted by molar-refractivity contribution is 5.78. The SMILES string of the molecule is CCCCCCCC(CCCCCCC)OCC1CC(=O)N(C)C1. The predicted octanol–water partition coefficient (Wildman–Crippen LogP) is 5.57. The number of hydrogen-bond acceptors (Lipinski definition) is 2. The molecule has 0 saturated carbocycles. The molecule has 0 bridgehead atoms. The third kappa shape index (κ3) is 9.66. The van der Waals surface area contributed by atoms with E-state index in [1.807, 2.05) is 11.9 Å². The van der Waals surface area contributed by atoms with Crippen LogP contribution in [0.15, 0.2) is 0 Å². The Hall–Kier alpha value is -0.570. The van der Waals surface area contributed by atoms with Crippen molar-refractivity contribution in [3.63, 3.8) is 0 Å². The molecular weight excluding hydrogens is 298 g/mol. The van der Waals surface area contributed by atoms with E-state index >= 15 is 0 Å². The monoisotopic (exact) mass is 339 g/mol. The van der Waals surface area contributed by atoms with Gasteiger partial charge in [0.05, 0.1) is 12.7 Å². The minimum absolute atomic E-state index is 0.277. The van der Waals surface area contributed by atoms with Crippen LogP contribution < -0.4 is 0 Å². The Kier molecular flexibility index (Phi) is 12.2. The van der Waals surface area contributed by atoms with E-state index in [1.165, 1.54) is 77.0 Å². The largest absolute Gasteiger partial charge is 0.378 e. The lowest BCUT2D eigenvalue weighted by molar-refractivity contribution is -0.126. The summed E-state index contributed by atoms with van der Waals surface area (Å²) in [5, 5.41) is 0. The number of carbonyl (C=O) groups is 1. The van der Waals surface area contributed by atoms with Gasteiger partial charge >= 0.3 is 0 Å². The second-order valence-corrected chi connectivity index (χ2v) is 7.71. The molecule has 0 aromatic rings. The minimum atomic E-state index is 0.277. The van der Waals surface area contributed by atoms with Crippen molar-refractivity contribution in [2.75, 3.05) is 20.2 Å². The van der Waals surface area contributed by atoms with E-state index in [0.717, 1.165) is 13.2 Å². The number of ether oxygens (including phenoxy) is 1. The number of likely N-dealkylation sites (tertiary alicyclic amines) is 1. The Morgan fingerprint density at radius 3 is 1.96 bits per heavy atom. The smallest absolute Gasteiger partial charge is 0.222 e. The lowest BCUT2D eigenvalue weighted by Gasteiger charge is -2.20. The van der Waals surface area contributed by atoms with Gasteiger partial charge in [0.1, 0.15) is 0 Å². The van der Waals surface area contributed by atoms with Crippen LogP contribution in [0.5, 0.6) is 0 Å². The molecule has 0 aromatic carbocycles. The first kappa shape index (κ1) is 21.5. The second kappa shape index (κ2) is 13.7. The molecule has 1 aliphatic rings. The van der Waals surface area contributed by atoms with E-state index in [0.29, 0.717) is 18.4 Å². The summed E-state index contributed by atoms with van der Waals surface area (Å²) < 4.78 is 6.26. The van der Waals surface area contributed by atoms with Crippen molar-refractivity contribution in [2.24, 2.45) is 5.92 Å². The number of rotatable bonds is 15. The lowest BCUT2D eigenvalue weighted by atomic mass is 10.0. The number of nitrogens with zero attached hydrogens (tertiary/aromatic N) is 1. The fourth-order valence-corrected chi connectivity index (χ4v) is 3.60. The van der Waals surface area contributed by atoms with Crippen LogP contribution >= 0.6 is 0 Å². The van der Waals surface area contributed by atoms with Gasteiger partial charge in [-0.3, -0.25) is 4.79 Å². The maximum atomic E-state index is 11.6. The third-order valence-corrected chi connectivity index (χ3v) is 5.25. The molecule has 1 saturated heterocycles. The zero-order chi connectivity index (χ0) is 17.6. The first-order chi connectivity index (χ1) is 11.7. The predicted molar refractivity (Wildman–Crippen MR) is 102 cm³/mol. The Bertz CT molecular complexity index is 305. The van der Waals surface area contributed by atoms with Gasteiger partial charge in [-0.15, -0.1) is 0 Å². The molecule has 1 heterocycles. The van der Waals surface area contributed by atoms with E-state index in [-0.39, 0.29) is 5.91 Å². The minimum Gasteiger partial charge on any atom is -0.378 e. The molecule has 1 amide bonds. The van der Waals surface area contributed by atoms with E-state index in [9.17, 15) is 4.79 Å². The fourth-order valence-electron chi connectivity index (χ4n) is 3.60. The summed E-state index contributed by atoms with van der Waals surface area (Å²) in [6.45, 7) is 6.17. The van der Waals surface area contributed by atoms with Gasteiger partial charge in [0.2, 0.25) is 5.91 Å². The Balaban J connectivity index is 2.23. The van der Waals surface area contributed by atoms with Gasteiger partial charge in [0, 0.05) is 25.9 Å². The van der Waals surface area contributed by atoms with Crippen LogP contribution in [-0.4, -0.2) is 37.1 Å². The molecule has 3 nitrogen and oxygen atoms in total. The Morgan fingerprint density at radius 2 is 1.50 bits per heavy atom. The van der Waals surface area contributed by atoms with Crippen molar-refractivity contribution >= 4 is 5.91 Å². The van der Waals surface area contributed by atoms with Crippen molar-refractivity contribution in [3.05, 3.63) is 0 Å². The van der Waals surface area contributed by atoms with E-state index < -0.39 is 0 Å². The Morgan fingerprint density at radius 1 is 0.958 bits per heavy atom. The Labute approximate surface area is 150 Å². The van der Waals surface area contributed by atoms with Crippen LogP contribution in [0.2, 0.25) is 0 Å². The van der Waals surface area contributed by atoms with Crippen LogP contribution in [0, 0.1) is 5.92 Å². The van der Waals surface area contributed by atoms with Crippen LogP contribution in [0.4, 0.5) is 0 Å². The number of hydrogen-bond donors (Lipinski definition) is 0. The van der Waals surface area contributed by atoms with Crippen LogP contribution in [-0.2, 0) is 9.53 Å². The first-order valence-corrected chi connectivity index (χ1v) is 10.5. The molecule has 1 fully saturated rings. The van der Waals surface area contributed by atoms with Crippen molar-refractivity contribution in [2.45, 2.75) is 103 Å². The zero-order valence-electron chi connectivity index (χ0n) is 16.5. The average molecular weight is 340 g/mol. The molecule has 1 aliphatic heterocycles. The van der Waals surface area contributed by atoms with Crippen molar-refractivity contribution < 1.29 is 9.53 Å². The fraction of sp³-hybridized carbons (Fsp3) is 0.952. The summed E-state index contributed by atoms with van der Waals surface area (Å²) in [6.07, 6.45) is 16.8. The van der Waals surface area contributed by atoms with Gasteiger partial charge in [0.25, 0.3) is 0 Å². The van der Waals surface area contributed by atoms with Gasteiger partial charge in [-0.1, -0.05) is 78.1 Å². The van der Waals surface area contributed by atoms with Gasteiger partial charge in [0.15, 0.2) is 0 Å². The summed E-state index contributed by atoms with van der Waals surface area (Å²) in [6, 6.07) is 0. The molecule has 0 aromatic heterocycles. The molecule has 24 heavy (non-hydrogen) atoms. The quantitative estimate of drug-likeness (QED) is 0.365. The second-order valence-electron chi connectivity index (χ2n) is 7.71. The summed E-state index contributed by atoms with van der Waals surface area (Å²) in [7, 11) is 1.90. The third-order valence-electron chi connectivity index (χ3n) is 5.25. The van der Waals surface area contributed by atoms with Crippen molar-refractivity contribution in [1.82, 2.24) is 4.90 Å². The molecule has 1 unspecified atom stereocenters. The highest BCUT2D eigenvalue weighted by atomic mass is 16.5. The topological polar surface area (TPSA) is 29.5 Å². The van der Waals surface area contributed by atoms with Gasteiger partial charge < -0.3 is 9.64 Å². The van der Waals surface area contributed by atoms with Crippen LogP contribution in [0.3, 0.4) is 0 Å². The number of unbranched alkanes of at least 4 members (excludes halogenated alkanes) is 8. The summed E-state index contributed by atoms with van der Waals surface area (Å²) in [5.74, 6) is 0.685. The van der Waals surface area contributed by atoms with Crippen molar-refractivity contribution in [3.8, 4) is 0 Å². The number of carbonyl (C=O) groups excluding carboxylic acids is 1. The molecule has 0 aliphatic carbocycles. The summed E-state index contributed by atoms with van der Waals surface area (Å²) >= 11 is 0. The highest BCUT2D eigenvalue weighted by Gasteiger charge is 2.27. The first-order valence-electron chi connectivity index (χ1n) is 10.5. The molecule has 0 spiro atoms. The van der Waals surface area contributed by atoms with Gasteiger partial charge in [-0.05, 0) is 12.8 Å². The molecule has 142 valence electrons. The van der Waals surface area contributed by atoms with E-state index in [4.69, 9.17) is 4.74 Å². The molecular formula is C21H41NO2. The molecule has 1 atom stereocenters. The van der Waals surface area contributed by atoms with Crippen molar-refractivity contribution in [1.29, 1.82) is 0 Å². The van der Waals surface area contributed by atoms with Crippen LogP contribution in [0.25, 0.3) is 0 Å². The molecule has 0 radical (unpaired) electrons. The number of amides is 1. The maximum Gasteiger partial charge on any atom is 0.222 e. The summed E-state index contributed by atoms with van der Waals surface area (Å²) in [4.78, 5) is 13.5. The lowest BCUT2D eigenvalue weighted by Crippen LogP contribution is -2.22. The molecule has 3 heteroatoms. The molecule has 1 rings (SSSR count). The maximum absolute atomic E-state index is 11.6. The van der Waals surface area contributed by atoms with Gasteiger partial charge in [-0.25, -0.2) is 0 Å². The standard InChI is InChI=1S/C21H41NO2/c1-4-6-8-10-12-14-20(15-13-11-9-7-5-2)24-18-19-16-21(23)22(3)17-19/h19-20H,4-18H2,1-3H3. The van der Waals surface area contributed by atoms with E-state index in [1.54, 1.807) is 0 Å². The highest BCUT2D eigenvalue weighted by Crippen LogP contribution is 2.20. The average Bonchev–Trinajstić information content (AvgIpc) is 2.89. The zero-order valence-corrected chi connectivity index (χ0v) is 16.5.